The number of amidine groups is 1. The van der Waals surface area contributed by atoms with Crippen molar-refractivity contribution >= 4 is 5.84 Å². The topological polar surface area (TPSA) is 96.7 Å². The van der Waals surface area contributed by atoms with Crippen molar-refractivity contribution in [1.29, 1.82) is 0 Å². The number of rotatable bonds is 5. The van der Waals surface area contributed by atoms with Crippen LogP contribution in [0.3, 0.4) is 0 Å². The number of hydrogen-bond acceptors (Lipinski definition) is 5. The Morgan fingerprint density at radius 3 is 2.85 bits per heavy atom. The number of halogens is 1. The maximum absolute atomic E-state index is 13.4. The molecule has 0 atom stereocenters. The van der Waals surface area contributed by atoms with Crippen LogP contribution in [0.1, 0.15) is 22.6 Å². The molecular formula is C13H15FN4O2. The van der Waals surface area contributed by atoms with Gasteiger partial charge in [0.2, 0.25) is 0 Å². The number of nitrogens with two attached hydrogens (primary N) is 1. The summed E-state index contributed by atoms with van der Waals surface area (Å²) < 4.78 is 18.4. The molecule has 0 bridgehead atoms. The van der Waals surface area contributed by atoms with Gasteiger partial charge in [-0.05, 0) is 30.7 Å². The van der Waals surface area contributed by atoms with E-state index in [0.717, 1.165) is 11.5 Å². The first-order valence-electron chi connectivity index (χ1n) is 5.99. The fourth-order valence-corrected chi connectivity index (χ4v) is 1.79. The SMILES string of the molecule is Cc1cc(CNCc2cc(F)cc(/C(N)=N/O)c2)no1. The molecule has 0 radical (unpaired) electrons. The highest BCUT2D eigenvalue weighted by Crippen LogP contribution is 2.10. The average molecular weight is 278 g/mol. The van der Waals surface area contributed by atoms with Crippen molar-refractivity contribution < 1.29 is 14.1 Å². The Balaban J connectivity index is 2.00. The molecule has 2 rings (SSSR count). The Morgan fingerprint density at radius 2 is 2.20 bits per heavy atom. The molecule has 2 aromatic rings. The lowest BCUT2D eigenvalue weighted by Crippen LogP contribution is -2.16. The number of oxime groups is 1. The summed E-state index contributed by atoms with van der Waals surface area (Å²) in [6.07, 6.45) is 0. The van der Waals surface area contributed by atoms with Gasteiger partial charge >= 0.3 is 0 Å². The molecule has 7 heteroatoms. The van der Waals surface area contributed by atoms with Gasteiger partial charge in [0.25, 0.3) is 0 Å². The summed E-state index contributed by atoms with van der Waals surface area (Å²) in [5.41, 5.74) is 7.24. The number of nitrogens with one attached hydrogen (secondary N) is 1. The van der Waals surface area contributed by atoms with Gasteiger partial charge in [-0.25, -0.2) is 4.39 Å². The predicted molar refractivity (Wildman–Crippen MR) is 70.7 cm³/mol. The third-order valence-electron chi connectivity index (χ3n) is 2.67. The van der Waals surface area contributed by atoms with Gasteiger partial charge in [-0.1, -0.05) is 10.3 Å². The van der Waals surface area contributed by atoms with E-state index in [4.69, 9.17) is 15.5 Å². The van der Waals surface area contributed by atoms with E-state index in [1.807, 2.05) is 13.0 Å². The van der Waals surface area contributed by atoms with Crippen molar-refractivity contribution in [2.75, 3.05) is 0 Å². The predicted octanol–water partition coefficient (Wildman–Crippen LogP) is 1.51. The first-order valence-corrected chi connectivity index (χ1v) is 5.99. The summed E-state index contributed by atoms with van der Waals surface area (Å²) in [6.45, 7) is 2.74. The zero-order valence-corrected chi connectivity index (χ0v) is 10.9. The molecule has 0 aliphatic heterocycles. The van der Waals surface area contributed by atoms with E-state index in [0.29, 0.717) is 24.2 Å². The Bertz CT molecular complexity index is 625. The summed E-state index contributed by atoms with van der Waals surface area (Å²) in [4.78, 5) is 0. The van der Waals surface area contributed by atoms with Crippen LogP contribution in [-0.4, -0.2) is 16.2 Å². The number of aryl methyl sites for hydroxylation is 1. The summed E-state index contributed by atoms with van der Waals surface area (Å²) in [7, 11) is 0. The third kappa shape index (κ3) is 3.55. The molecule has 1 aromatic carbocycles. The van der Waals surface area contributed by atoms with Gasteiger partial charge in [-0.2, -0.15) is 0 Å². The summed E-state index contributed by atoms with van der Waals surface area (Å²) in [6, 6.07) is 6.06. The van der Waals surface area contributed by atoms with Gasteiger partial charge < -0.3 is 20.8 Å². The number of aromatic nitrogens is 1. The molecule has 0 fully saturated rings. The van der Waals surface area contributed by atoms with Gasteiger partial charge in [0.1, 0.15) is 11.6 Å². The van der Waals surface area contributed by atoms with E-state index in [1.54, 1.807) is 6.07 Å². The van der Waals surface area contributed by atoms with Crippen molar-refractivity contribution in [1.82, 2.24) is 10.5 Å². The quantitative estimate of drug-likeness (QED) is 0.333. The Kier molecular flexibility index (Phi) is 4.31. The zero-order chi connectivity index (χ0) is 14.5. The molecule has 0 aliphatic carbocycles. The second-order valence-corrected chi connectivity index (χ2v) is 4.37. The Morgan fingerprint density at radius 1 is 1.40 bits per heavy atom. The fourth-order valence-electron chi connectivity index (χ4n) is 1.79. The lowest BCUT2D eigenvalue weighted by atomic mass is 10.1. The van der Waals surface area contributed by atoms with Crippen molar-refractivity contribution in [3.8, 4) is 0 Å². The smallest absolute Gasteiger partial charge is 0.170 e. The molecule has 1 aromatic heterocycles. The molecule has 0 saturated heterocycles. The molecule has 6 nitrogen and oxygen atoms in total. The average Bonchev–Trinajstić information content (AvgIpc) is 2.83. The third-order valence-corrected chi connectivity index (χ3v) is 2.67. The molecule has 20 heavy (non-hydrogen) atoms. The maximum atomic E-state index is 13.4. The molecule has 1 heterocycles. The van der Waals surface area contributed by atoms with Gasteiger partial charge in [-0.3, -0.25) is 0 Å². The van der Waals surface area contributed by atoms with Crippen LogP contribution in [0.5, 0.6) is 0 Å². The van der Waals surface area contributed by atoms with Crippen molar-refractivity contribution in [3.63, 3.8) is 0 Å². The summed E-state index contributed by atoms with van der Waals surface area (Å²) in [5.74, 6) is 0.169. The molecule has 106 valence electrons. The minimum atomic E-state index is -0.441. The molecule has 0 saturated carbocycles. The number of nitrogens with zero attached hydrogens (tertiary/aromatic N) is 2. The van der Waals surface area contributed by atoms with Crippen LogP contribution in [0.15, 0.2) is 33.9 Å². The molecule has 0 unspecified atom stereocenters. The minimum absolute atomic E-state index is 0.127. The highest BCUT2D eigenvalue weighted by Gasteiger charge is 2.05. The van der Waals surface area contributed by atoms with E-state index in [9.17, 15) is 4.39 Å². The normalized spacial score (nSPS) is 11.8. The Labute approximate surface area is 115 Å². The lowest BCUT2D eigenvalue weighted by molar-refractivity contribution is 0.318. The molecular weight excluding hydrogens is 263 g/mol. The van der Waals surface area contributed by atoms with Crippen LogP contribution < -0.4 is 11.1 Å². The van der Waals surface area contributed by atoms with Crippen LogP contribution >= 0.6 is 0 Å². The molecule has 4 N–H and O–H groups in total. The Hall–Kier alpha value is -2.41. The van der Waals surface area contributed by atoms with E-state index in [-0.39, 0.29) is 5.84 Å². The fraction of sp³-hybridized carbons (Fsp3) is 0.231. The van der Waals surface area contributed by atoms with E-state index in [1.165, 1.54) is 12.1 Å². The van der Waals surface area contributed by atoms with Gasteiger partial charge in [0, 0.05) is 24.7 Å². The standard InChI is InChI=1S/C13H15FN4O2/c1-8-2-12(18-20-8)7-16-6-9-3-10(13(15)17-19)5-11(14)4-9/h2-5,16,19H,6-7H2,1H3,(H2,15,17). The highest BCUT2D eigenvalue weighted by molar-refractivity contribution is 5.97. The largest absolute Gasteiger partial charge is 0.409 e. The summed E-state index contributed by atoms with van der Waals surface area (Å²) in [5, 5.41) is 18.4. The maximum Gasteiger partial charge on any atom is 0.170 e. The first kappa shape index (κ1) is 14.0. The van der Waals surface area contributed by atoms with Gasteiger partial charge in [-0.15, -0.1) is 0 Å². The number of hydrogen-bond donors (Lipinski definition) is 3. The van der Waals surface area contributed by atoms with Crippen LogP contribution in [0.25, 0.3) is 0 Å². The second-order valence-electron chi connectivity index (χ2n) is 4.37. The van der Waals surface area contributed by atoms with Gasteiger partial charge in [0.15, 0.2) is 5.84 Å². The summed E-state index contributed by atoms with van der Waals surface area (Å²) >= 11 is 0. The van der Waals surface area contributed by atoms with Crippen LogP contribution in [0.4, 0.5) is 4.39 Å². The van der Waals surface area contributed by atoms with E-state index < -0.39 is 5.82 Å². The van der Waals surface area contributed by atoms with E-state index >= 15 is 0 Å². The van der Waals surface area contributed by atoms with Crippen LogP contribution in [-0.2, 0) is 13.1 Å². The number of benzene rings is 1. The second kappa shape index (κ2) is 6.16. The van der Waals surface area contributed by atoms with Crippen molar-refractivity contribution in [3.05, 3.63) is 52.7 Å². The zero-order valence-electron chi connectivity index (χ0n) is 10.9. The highest BCUT2D eigenvalue weighted by atomic mass is 19.1. The molecule has 0 amide bonds. The van der Waals surface area contributed by atoms with Crippen molar-refractivity contribution in [2.24, 2.45) is 10.9 Å². The first-order chi connectivity index (χ1) is 9.58. The van der Waals surface area contributed by atoms with E-state index in [2.05, 4.69) is 15.6 Å². The monoisotopic (exact) mass is 278 g/mol. The lowest BCUT2D eigenvalue weighted by Gasteiger charge is -2.06. The van der Waals surface area contributed by atoms with Crippen LogP contribution in [0.2, 0.25) is 0 Å². The van der Waals surface area contributed by atoms with Gasteiger partial charge in [0.05, 0.1) is 5.69 Å². The van der Waals surface area contributed by atoms with Crippen molar-refractivity contribution in [2.45, 2.75) is 20.0 Å². The van der Waals surface area contributed by atoms with Crippen LogP contribution in [0, 0.1) is 12.7 Å². The molecule has 0 aliphatic rings. The minimum Gasteiger partial charge on any atom is -0.409 e. The molecule has 0 spiro atoms.